The summed E-state index contributed by atoms with van der Waals surface area (Å²) < 4.78 is 0. The third-order valence-corrected chi connectivity index (χ3v) is 6.25. The smallest absolute Gasteiger partial charge is 0.262 e. The summed E-state index contributed by atoms with van der Waals surface area (Å²) in [5, 5.41) is 4.80. The van der Waals surface area contributed by atoms with Crippen molar-refractivity contribution in [2.24, 2.45) is 10.8 Å². The number of carbonyl (C=O) groups excluding carboxylic acids is 2. The molecule has 0 unspecified atom stereocenters. The molecule has 1 saturated heterocycles. The molecule has 4 nitrogen and oxygen atoms in total. The zero-order chi connectivity index (χ0) is 17.8. The van der Waals surface area contributed by atoms with Crippen molar-refractivity contribution in [2.75, 3.05) is 6.54 Å². The van der Waals surface area contributed by atoms with Gasteiger partial charge < -0.3 is 10.2 Å². The first-order chi connectivity index (χ1) is 11.0. The Morgan fingerprint density at radius 2 is 2.00 bits per heavy atom. The summed E-state index contributed by atoms with van der Waals surface area (Å²) in [4.78, 5) is 28.2. The van der Waals surface area contributed by atoms with Crippen molar-refractivity contribution in [1.29, 1.82) is 0 Å². The highest BCUT2D eigenvalue weighted by Gasteiger charge is 2.52. The molecular formula is C19H28N2O2S. The standard InChI is InChI=1S/C19H28N2O2S/c1-17(2)9-13-10-19(5,11-17)12-21(13)16(23)18(3,4)20-15(22)14-7-6-8-24-14/h6-8,13H,9-12H2,1-5H3,(H,20,22)/t13-,19-/m1/s1. The van der Waals surface area contributed by atoms with E-state index >= 15 is 0 Å². The van der Waals surface area contributed by atoms with E-state index in [2.05, 4.69) is 26.1 Å². The molecule has 1 aromatic rings. The van der Waals surface area contributed by atoms with Crippen LogP contribution in [0.3, 0.4) is 0 Å². The molecule has 132 valence electrons. The van der Waals surface area contributed by atoms with Crippen molar-refractivity contribution in [3.8, 4) is 0 Å². The molecule has 3 rings (SSSR count). The fraction of sp³-hybridized carbons (Fsp3) is 0.684. The normalized spacial score (nSPS) is 28.7. The summed E-state index contributed by atoms with van der Waals surface area (Å²) in [6.45, 7) is 11.3. The van der Waals surface area contributed by atoms with Crippen molar-refractivity contribution >= 4 is 23.2 Å². The van der Waals surface area contributed by atoms with E-state index in [1.54, 1.807) is 6.07 Å². The maximum absolute atomic E-state index is 13.2. The summed E-state index contributed by atoms with van der Waals surface area (Å²) in [5.74, 6) is -0.129. The Labute approximate surface area is 148 Å². The van der Waals surface area contributed by atoms with Gasteiger partial charge >= 0.3 is 0 Å². The van der Waals surface area contributed by atoms with E-state index < -0.39 is 5.54 Å². The van der Waals surface area contributed by atoms with Crippen LogP contribution < -0.4 is 5.32 Å². The van der Waals surface area contributed by atoms with Crippen LogP contribution >= 0.6 is 11.3 Å². The lowest BCUT2D eigenvalue weighted by atomic mass is 9.65. The molecular weight excluding hydrogens is 320 g/mol. The lowest BCUT2D eigenvalue weighted by Gasteiger charge is -2.40. The predicted molar refractivity (Wildman–Crippen MR) is 97.1 cm³/mol. The van der Waals surface area contributed by atoms with Crippen molar-refractivity contribution in [3.05, 3.63) is 22.4 Å². The second-order valence-corrected chi connectivity index (χ2v) is 10.2. The summed E-state index contributed by atoms with van der Waals surface area (Å²) in [6.07, 6.45) is 3.28. The zero-order valence-corrected chi connectivity index (χ0v) is 16.1. The molecule has 2 atom stereocenters. The van der Waals surface area contributed by atoms with Crippen LogP contribution in [0.1, 0.15) is 63.6 Å². The van der Waals surface area contributed by atoms with Crippen LogP contribution in [0.4, 0.5) is 0 Å². The molecule has 0 spiro atoms. The molecule has 2 heterocycles. The minimum absolute atomic E-state index is 0.0406. The average molecular weight is 349 g/mol. The first kappa shape index (κ1) is 17.5. The maximum atomic E-state index is 13.2. The Bertz CT molecular complexity index is 650. The molecule has 1 saturated carbocycles. The first-order valence-corrected chi connectivity index (χ1v) is 9.57. The van der Waals surface area contributed by atoms with Crippen LogP contribution in [0.25, 0.3) is 0 Å². The van der Waals surface area contributed by atoms with Crippen molar-refractivity contribution in [1.82, 2.24) is 10.2 Å². The lowest BCUT2D eigenvalue weighted by Crippen LogP contribution is -2.57. The SMILES string of the molecule is CC1(C)C[C@@H]2C[C@@](C)(CN2C(=O)C(C)(C)NC(=O)c2cccs2)C1. The first-order valence-electron chi connectivity index (χ1n) is 8.69. The average Bonchev–Trinajstić information content (AvgIpc) is 3.02. The van der Waals surface area contributed by atoms with E-state index in [1.807, 2.05) is 30.2 Å². The van der Waals surface area contributed by atoms with Crippen LogP contribution in [-0.2, 0) is 4.79 Å². The summed E-state index contributed by atoms with van der Waals surface area (Å²) >= 11 is 1.39. The van der Waals surface area contributed by atoms with E-state index in [1.165, 1.54) is 11.3 Å². The minimum atomic E-state index is -0.890. The molecule has 1 aliphatic heterocycles. The number of hydrogen-bond acceptors (Lipinski definition) is 3. The van der Waals surface area contributed by atoms with Crippen LogP contribution in [0.5, 0.6) is 0 Å². The van der Waals surface area contributed by atoms with Gasteiger partial charge in [0, 0.05) is 12.6 Å². The topological polar surface area (TPSA) is 49.4 Å². The number of nitrogens with zero attached hydrogens (tertiary/aromatic N) is 1. The largest absolute Gasteiger partial charge is 0.337 e. The van der Waals surface area contributed by atoms with E-state index in [0.717, 1.165) is 25.8 Å². The van der Waals surface area contributed by atoms with Gasteiger partial charge in [0.25, 0.3) is 5.91 Å². The second kappa shape index (κ2) is 5.58. The van der Waals surface area contributed by atoms with Gasteiger partial charge in [0.05, 0.1) is 4.88 Å². The number of likely N-dealkylation sites (tertiary alicyclic amines) is 1. The van der Waals surface area contributed by atoms with Crippen molar-refractivity contribution in [2.45, 2.75) is 65.5 Å². The number of hydrogen-bond donors (Lipinski definition) is 1. The molecule has 0 radical (unpaired) electrons. The molecule has 1 aliphatic carbocycles. The molecule has 2 aliphatic rings. The van der Waals surface area contributed by atoms with Gasteiger partial charge in [-0.25, -0.2) is 0 Å². The van der Waals surface area contributed by atoms with E-state index in [4.69, 9.17) is 0 Å². The van der Waals surface area contributed by atoms with Gasteiger partial charge in [-0.05, 0) is 55.4 Å². The van der Waals surface area contributed by atoms with Gasteiger partial charge in [0.1, 0.15) is 5.54 Å². The van der Waals surface area contributed by atoms with Crippen LogP contribution in [-0.4, -0.2) is 34.8 Å². The second-order valence-electron chi connectivity index (χ2n) is 9.20. The molecule has 0 aromatic carbocycles. The van der Waals surface area contributed by atoms with Gasteiger partial charge in [0.2, 0.25) is 5.91 Å². The summed E-state index contributed by atoms with van der Waals surface area (Å²) in [5.41, 5.74) is -0.411. The number of carbonyl (C=O) groups is 2. The molecule has 2 amide bonds. The third kappa shape index (κ3) is 3.23. The highest BCUT2D eigenvalue weighted by Crippen LogP contribution is 2.52. The monoisotopic (exact) mass is 348 g/mol. The van der Waals surface area contributed by atoms with E-state index in [0.29, 0.717) is 10.9 Å². The molecule has 5 heteroatoms. The highest BCUT2D eigenvalue weighted by atomic mass is 32.1. The van der Waals surface area contributed by atoms with Crippen molar-refractivity contribution < 1.29 is 9.59 Å². The van der Waals surface area contributed by atoms with Crippen LogP contribution in [0.15, 0.2) is 17.5 Å². The molecule has 2 fully saturated rings. The molecule has 2 bridgehead atoms. The zero-order valence-electron chi connectivity index (χ0n) is 15.3. The van der Waals surface area contributed by atoms with Gasteiger partial charge in [-0.1, -0.05) is 26.8 Å². The minimum Gasteiger partial charge on any atom is -0.337 e. The van der Waals surface area contributed by atoms with Crippen LogP contribution in [0.2, 0.25) is 0 Å². The van der Waals surface area contributed by atoms with Gasteiger partial charge in [-0.3, -0.25) is 9.59 Å². The number of nitrogens with one attached hydrogen (secondary N) is 1. The quantitative estimate of drug-likeness (QED) is 0.906. The number of amides is 2. The van der Waals surface area contributed by atoms with Gasteiger partial charge in [0.15, 0.2) is 0 Å². The third-order valence-electron chi connectivity index (χ3n) is 5.38. The van der Waals surface area contributed by atoms with Crippen molar-refractivity contribution in [3.63, 3.8) is 0 Å². The molecule has 24 heavy (non-hydrogen) atoms. The molecule has 1 aromatic heterocycles. The maximum Gasteiger partial charge on any atom is 0.262 e. The number of thiophene rings is 1. The number of rotatable bonds is 3. The summed E-state index contributed by atoms with van der Waals surface area (Å²) in [7, 11) is 0. The van der Waals surface area contributed by atoms with Gasteiger partial charge in [-0.15, -0.1) is 11.3 Å². The van der Waals surface area contributed by atoms with Gasteiger partial charge in [-0.2, -0.15) is 0 Å². The van der Waals surface area contributed by atoms with Crippen LogP contribution in [0, 0.1) is 10.8 Å². The fourth-order valence-electron chi connectivity index (χ4n) is 4.86. The Kier molecular flexibility index (Phi) is 4.06. The Balaban J connectivity index is 1.75. The predicted octanol–water partition coefficient (Wildman–Crippen LogP) is 3.68. The highest BCUT2D eigenvalue weighted by molar-refractivity contribution is 7.12. The number of fused-ring (bicyclic) bond motifs is 2. The Morgan fingerprint density at radius 1 is 1.29 bits per heavy atom. The van der Waals surface area contributed by atoms with E-state index in [9.17, 15) is 9.59 Å². The lowest BCUT2D eigenvalue weighted by molar-refractivity contribution is -0.138. The Hall–Kier alpha value is -1.36. The fourth-order valence-corrected chi connectivity index (χ4v) is 5.48. The van der Waals surface area contributed by atoms with E-state index in [-0.39, 0.29) is 22.6 Å². The summed E-state index contributed by atoms with van der Waals surface area (Å²) in [6, 6.07) is 3.93. The Morgan fingerprint density at radius 3 is 2.62 bits per heavy atom. The molecule has 1 N–H and O–H groups in total.